The average Bonchev–Trinajstić information content (AvgIpc) is 3.05. The van der Waals surface area contributed by atoms with Gasteiger partial charge in [0.1, 0.15) is 24.1 Å². The molecule has 0 aliphatic carbocycles. The van der Waals surface area contributed by atoms with Crippen LogP contribution < -0.4 is 0 Å². The molecule has 0 unspecified atom stereocenters. The maximum Gasteiger partial charge on any atom is 0.150 e. The van der Waals surface area contributed by atoms with Crippen molar-refractivity contribution < 1.29 is 23.7 Å². The first-order valence-electron chi connectivity index (χ1n) is 14.7. The molecule has 4 atom stereocenters. The Morgan fingerprint density at radius 1 is 0.548 bits per heavy atom. The molecule has 4 aromatic carbocycles. The molecule has 1 heterocycles. The molecule has 0 amide bonds. The fourth-order valence-corrected chi connectivity index (χ4v) is 5.07. The fourth-order valence-electron chi connectivity index (χ4n) is 5.07. The molecule has 5 nitrogen and oxygen atoms in total. The summed E-state index contributed by atoms with van der Waals surface area (Å²) in [6.07, 6.45) is 1.21. The highest BCUT2D eigenvalue weighted by atomic mass is 16.6. The molecular formula is C37H40O5. The second kappa shape index (κ2) is 16.0. The smallest absolute Gasteiger partial charge is 0.150 e. The molecule has 5 heteroatoms. The van der Waals surface area contributed by atoms with E-state index in [0.29, 0.717) is 33.0 Å². The van der Waals surface area contributed by atoms with Crippen LogP contribution in [-0.2, 0) is 50.1 Å². The van der Waals surface area contributed by atoms with E-state index in [0.717, 1.165) is 34.4 Å². The van der Waals surface area contributed by atoms with Crippen molar-refractivity contribution in [2.24, 2.45) is 0 Å². The van der Waals surface area contributed by atoms with Gasteiger partial charge < -0.3 is 23.7 Å². The Labute approximate surface area is 249 Å². The highest BCUT2D eigenvalue weighted by Gasteiger charge is 2.46. The summed E-state index contributed by atoms with van der Waals surface area (Å²) in [7, 11) is 0. The zero-order chi connectivity index (χ0) is 28.8. The van der Waals surface area contributed by atoms with Crippen LogP contribution in [0.25, 0.3) is 0 Å². The topological polar surface area (TPSA) is 46.2 Å². The summed E-state index contributed by atoms with van der Waals surface area (Å²) in [5.74, 6) is 0.763. The first-order chi connectivity index (χ1) is 20.8. The average molecular weight is 565 g/mol. The molecule has 1 aliphatic heterocycles. The van der Waals surface area contributed by atoms with Gasteiger partial charge in [0.2, 0.25) is 0 Å². The lowest BCUT2D eigenvalue weighted by molar-refractivity contribution is -0.223. The minimum Gasteiger partial charge on any atom is -0.487 e. The fraction of sp³-hybridized carbons (Fsp3) is 0.297. The molecule has 1 saturated heterocycles. The van der Waals surface area contributed by atoms with Crippen LogP contribution in [0.2, 0.25) is 0 Å². The first-order valence-corrected chi connectivity index (χ1v) is 14.7. The molecule has 1 aliphatic rings. The van der Waals surface area contributed by atoms with Crippen LogP contribution >= 0.6 is 0 Å². The second-order valence-electron chi connectivity index (χ2n) is 10.4. The standard InChI is InChI=1S/C37H40O5/c1-2-15-33-35(39-25-30-18-9-4-10-19-30)37(41-27-32-22-13-6-14-23-32)36(40-26-31-20-11-5-12-21-31)34(42-33)28-38-24-29-16-7-3-8-17-29/h3-23,34-37H,2,24-28H2,1H3/b33-15-/t34-,35+,36+,37-/m1/s1. The van der Waals surface area contributed by atoms with Gasteiger partial charge in [0.05, 0.1) is 33.0 Å². The number of hydrogen-bond acceptors (Lipinski definition) is 5. The predicted octanol–water partition coefficient (Wildman–Crippen LogP) is 7.65. The monoisotopic (exact) mass is 564 g/mol. The number of hydrogen-bond donors (Lipinski definition) is 0. The van der Waals surface area contributed by atoms with Gasteiger partial charge in [-0.2, -0.15) is 0 Å². The van der Waals surface area contributed by atoms with Crippen molar-refractivity contribution >= 4 is 0 Å². The van der Waals surface area contributed by atoms with Crippen molar-refractivity contribution in [2.75, 3.05) is 6.61 Å². The van der Waals surface area contributed by atoms with Gasteiger partial charge in [-0.05, 0) is 34.8 Å². The molecule has 0 N–H and O–H groups in total. The molecule has 0 spiro atoms. The lowest BCUT2D eigenvalue weighted by Gasteiger charge is -2.43. The molecule has 0 bridgehead atoms. The minimum absolute atomic E-state index is 0.353. The molecule has 0 saturated carbocycles. The molecule has 5 rings (SSSR count). The Morgan fingerprint density at radius 2 is 0.976 bits per heavy atom. The van der Waals surface area contributed by atoms with Crippen LogP contribution in [0.15, 0.2) is 133 Å². The molecule has 218 valence electrons. The van der Waals surface area contributed by atoms with E-state index in [9.17, 15) is 0 Å². The zero-order valence-corrected chi connectivity index (χ0v) is 24.2. The van der Waals surface area contributed by atoms with Gasteiger partial charge in [-0.25, -0.2) is 0 Å². The Bertz CT molecular complexity index is 1330. The van der Waals surface area contributed by atoms with Crippen LogP contribution in [-0.4, -0.2) is 31.0 Å². The summed E-state index contributed by atoms with van der Waals surface area (Å²) in [4.78, 5) is 0. The van der Waals surface area contributed by atoms with Crippen LogP contribution in [0.1, 0.15) is 35.6 Å². The first kappa shape index (κ1) is 29.7. The van der Waals surface area contributed by atoms with E-state index in [4.69, 9.17) is 23.7 Å². The van der Waals surface area contributed by atoms with E-state index in [1.54, 1.807) is 0 Å². The third-order valence-corrected chi connectivity index (χ3v) is 7.20. The molecule has 0 aromatic heterocycles. The molecule has 42 heavy (non-hydrogen) atoms. The lowest BCUT2D eigenvalue weighted by Crippen LogP contribution is -2.56. The normalized spacial score (nSPS) is 21.2. The molecule has 0 radical (unpaired) electrons. The van der Waals surface area contributed by atoms with E-state index in [2.05, 4.69) is 61.5 Å². The summed E-state index contributed by atoms with van der Waals surface area (Å²) in [5.41, 5.74) is 4.37. The number of benzene rings is 4. The highest BCUT2D eigenvalue weighted by Crippen LogP contribution is 2.33. The summed E-state index contributed by atoms with van der Waals surface area (Å²) in [6, 6.07) is 40.7. The van der Waals surface area contributed by atoms with E-state index in [-0.39, 0.29) is 6.10 Å². The SMILES string of the molecule is CC/C=C1\O[C@H](COCc2ccccc2)[C@H](OCc2ccccc2)[C@H](OCc2ccccc2)[C@H]1OCc1ccccc1. The van der Waals surface area contributed by atoms with Crippen LogP contribution in [0, 0.1) is 0 Å². The van der Waals surface area contributed by atoms with Crippen molar-refractivity contribution in [3.63, 3.8) is 0 Å². The van der Waals surface area contributed by atoms with Gasteiger partial charge in [-0.3, -0.25) is 0 Å². The Kier molecular flexibility index (Phi) is 11.4. The molecule has 4 aromatic rings. The van der Waals surface area contributed by atoms with E-state index in [1.807, 2.05) is 72.8 Å². The third-order valence-electron chi connectivity index (χ3n) is 7.20. The number of allylic oxidation sites excluding steroid dienone is 1. The minimum atomic E-state index is -0.444. The van der Waals surface area contributed by atoms with Gasteiger partial charge in [-0.15, -0.1) is 0 Å². The number of rotatable bonds is 14. The largest absolute Gasteiger partial charge is 0.487 e. The lowest BCUT2D eigenvalue weighted by atomic mass is 9.96. The van der Waals surface area contributed by atoms with Crippen LogP contribution in [0.3, 0.4) is 0 Å². The Balaban J connectivity index is 1.41. The van der Waals surface area contributed by atoms with Crippen molar-refractivity contribution in [1.82, 2.24) is 0 Å². The van der Waals surface area contributed by atoms with E-state index < -0.39 is 18.3 Å². The van der Waals surface area contributed by atoms with Gasteiger partial charge >= 0.3 is 0 Å². The quantitative estimate of drug-likeness (QED) is 0.157. The van der Waals surface area contributed by atoms with Gasteiger partial charge in [-0.1, -0.05) is 128 Å². The zero-order valence-electron chi connectivity index (χ0n) is 24.2. The van der Waals surface area contributed by atoms with E-state index >= 15 is 0 Å². The summed E-state index contributed by atoms with van der Waals surface area (Å²) in [6.45, 7) is 4.23. The Hall–Kier alpha value is -3.74. The van der Waals surface area contributed by atoms with Gasteiger partial charge in [0.25, 0.3) is 0 Å². The summed E-state index contributed by atoms with van der Waals surface area (Å²) in [5, 5.41) is 0. The van der Waals surface area contributed by atoms with Crippen molar-refractivity contribution in [2.45, 2.75) is 64.2 Å². The van der Waals surface area contributed by atoms with Crippen molar-refractivity contribution in [3.05, 3.63) is 155 Å². The molecule has 1 fully saturated rings. The summed E-state index contributed by atoms with van der Waals surface area (Å²) < 4.78 is 32.8. The maximum atomic E-state index is 6.72. The second-order valence-corrected chi connectivity index (χ2v) is 10.4. The third kappa shape index (κ3) is 8.63. The maximum absolute atomic E-state index is 6.72. The van der Waals surface area contributed by atoms with Crippen molar-refractivity contribution in [1.29, 1.82) is 0 Å². The van der Waals surface area contributed by atoms with Gasteiger partial charge in [0.15, 0.2) is 6.10 Å². The highest BCUT2D eigenvalue weighted by molar-refractivity contribution is 5.18. The predicted molar refractivity (Wildman–Crippen MR) is 164 cm³/mol. The van der Waals surface area contributed by atoms with Crippen LogP contribution in [0.5, 0.6) is 0 Å². The van der Waals surface area contributed by atoms with Gasteiger partial charge in [0, 0.05) is 0 Å². The van der Waals surface area contributed by atoms with E-state index in [1.165, 1.54) is 0 Å². The molecular weight excluding hydrogens is 524 g/mol. The summed E-state index contributed by atoms with van der Waals surface area (Å²) >= 11 is 0. The van der Waals surface area contributed by atoms with Crippen molar-refractivity contribution in [3.8, 4) is 0 Å². The Morgan fingerprint density at radius 3 is 1.45 bits per heavy atom. The number of ether oxygens (including phenoxy) is 5. The van der Waals surface area contributed by atoms with Crippen LogP contribution in [0.4, 0.5) is 0 Å².